The summed E-state index contributed by atoms with van der Waals surface area (Å²) in [6.07, 6.45) is 10.6. The number of hydrogen-bond donors (Lipinski definition) is 1. The number of aryl methyl sites for hydroxylation is 1. The molecule has 3 nitrogen and oxygen atoms in total. The van der Waals surface area contributed by atoms with Gasteiger partial charge in [0.1, 0.15) is 0 Å². The fourth-order valence-corrected chi connectivity index (χ4v) is 1.64. The minimum absolute atomic E-state index is 0.0604. The highest BCUT2D eigenvalue weighted by molar-refractivity contribution is 5.05. The summed E-state index contributed by atoms with van der Waals surface area (Å²) in [6.45, 7) is 5.14. The molecule has 1 aromatic rings. The molecule has 0 saturated carbocycles. The van der Waals surface area contributed by atoms with Gasteiger partial charge in [-0.05, 0) is 12.3 Å². The standard InChI is InChI=1S/C12H19N3/c1-4-5-6-15-9-14-8-12(15)11(13)7-10(2)3/h1,8-11H,5-7,13H2,2-3H3. The molecule has 3 heteroatoms. The monoisotopic (exact) mass is 205 g/mol. The van der Waals surface area contributed by atoms with Crippen LogP contribution in [0.5, 0.6) is 0 Å². The first-order valence-electron chi connectivity index (χ1n) is 5.34. The number of hydrogen-bond acceptors (Lipinski definition) is 2. The molecule has 0 spiro atoms. The highest BCUT2D eigenvalue weighted by Gasteiger charge is 2.12. The Labute approximate surface area is 91.7 Å². The molecule has 0 amide bonds. The molecule has 0 radical (unpaired) electrons. The van der Waals surface area contributed by atoms with Gasteiger partial charge in [-0.25, -0.2) is 4.98 Å². The van der Waals surface area contributed by atoms with Crippen LogP contribution in [0.25, 0.3) is 0 Å². The van der Waals surface area contributed by atoms with E-state index in [9.17, 15) is 0 Å². The summed E-state index contributed by atoms with van der Waals surface area (Å²) in [5.74, 6) is 3.22. The maximum Gasteiger partial charge on any atom is 0.0948 e. The van der Waals surface area contributed by atoms with E-state index in [-0.39, 0.29) is 6.04 Å². The van der Waals surface area contributed by atoms with Crippen LogP contribution in [0.3, 0.4) is 0 Å². The van der Waals surface area contributed by atoms with Gasteiger partial charge >= 0.3 is 0 Å². The second-order valence-electron chi connectivity index (χ2n) is 4.20. The van der Waals surface area contributed by atoms with Crippen molar-refractivity contribution in [3.05, 3.63) is 18.2 Å². The average molecular weight is 205 g/mol. The molecule has 1 heterocycles. The van der Waals surface area contributed by atoms with Gasteiger partial charge in [0, 0.05) is 25.2 Å². The maximum absolute atomic E-state index is 6.10. The third-order valence-corrected chi connectivity index (χ3v) is 2.35. The van der Waals surface area contributed by atoms with Gasteiger partial charge in [-0.1, -0.05) is 13.8 Å². The van der Waals surface area contributed by atoms with Gasteiger partial charge in [0.05, 0.1) is 12.0 Å². The lowest BCUT2D eigenvalue weighted by Gasteiger charge is -2.15. The molecule has 0 bridgehead atoms. The van der Waals surface area contributed by atoms with Crippen molar-refractivity contribution in [2.75, 3.05) is 0 Å². The Hall–Kier alpha value is -1.27. The second-order valence-corrected chi connectivity index (χ2v) is 4.20. The van der Waals surface area contributed by atoms with E-state index in [4.69, 9.17) is 12.2 Å². The van der Waals surface area contributed by atoms with E-state index in [1.807, 2.05) is 10.8 Å². The van der Waals surface area contributed by atoms with Gasteiger partial charge in [0.15, 0.2) is 0 Å². The summed E-state index contributed by atoms with van der Waals surface area (Å²) in [4.78, 5) is 4.12. The second kappa shape index (κ2) is 5.57. The number of imidazole rings is 1. The van der Waals surface area contributed by atoms with Gasteiger partial charge in [-0.2, -0.15) is 0 Å². The first kappa shape index (κ1) is 11.8. The molecule has 0 aliphatic carbocycles. The smallest absolute Gasteiger partial charge is 0.0948 e. The van der Waals surface area contributed by atoms with Crippen molar-refractivity contribution in [1.82, 2.24) is 9.55 Å². The number of aromatic nitrogens is 2. The largest absolute Gasteiger partial charge is 0.332 e. The van der Waals surface area contributed by atoms with E-state index in [1.54, 1.807) is 6.33 Å². The number of nitrogens with zero attached hydrogens (tertiary/aromatic N) is 2. The summed E-state index contributed by atoms with van der Waals surface area (Å²) >= 11 is 0. The number of terminal acetylenes is 1. The van der Waals surface area contributed by atoms with Crippen LogP contribution in [0.4, 0.5) is 0 Å². The molecule has 1 aromatic heterocycles. The Kier molecular flexibility index (Phi) is 4.38. The van der Waals surface area contributed by atoms with Crippen molar-refractivity contribution in [2.24, 2.45) is 11.7 Å². The average Bonchev–Trinajstić information content (AvgIpc) is 2.61. The van der Waals surface area contributed by atoms with Crippen LogP contribution in [-0.4, -0.2) is 9.55 Å². The lowest BCUT2D eigenvalue weighted by Crippen LogP contribution is -2.17. The lowest BCUT2D eigenvalue weighted by atomic mass is 10.0. The first-order valence-corrected chi connectivity index (χ1v) is 5.34. The van der Waals surface area contributed by atoms with E-state index in [0.29, 0.717) is 5.92 Å². The predicted octanol–water partition coefficient (Wildman–Crippen LogP) is 1.95. The van der Waals surface area contributed by atoms with Crippen LogP contribution in [0.2, 0.25) is 0 Å². The van der Waals surface area contributed by atoms with Crippen molar-refractivity contribution in [3.8, 4) is 12.3 Å². The van der Waals surface area contributed by atoms with Crippen molar-refractivity contribution in [2.45, 2.75) is 39.3 Å². The number of nitrogens with two attached hydrogens (primary N) is 1. The Balaban J connectivity index is 2.67. The van der Waals surface area contributed by atoms with Gasteiger partial charge < -0.3 is 10.3 Å². The zero-order valence-electron chi connectivity index (χ0n) is 9.48. The fraction of sp³-hybridized carbons (Fsp3) is 0.583. The molecule has 0 fully saturated rings. The predicted molar refractivity (Wildman–Crippen MR) is 62.1 cm³/mol. The molecule has 1 unspecified atom stereocenters. The van der Waals surface area contributed by atoms with Crippen molar-refractivity contribution >= 4 is 0 Å². The van der Waals surface area contributed by atoms with E-state index in [0.717, 1.165) is 25.1 Å². The quantitative estimate of drug-likeness (QED) is 0.747. The van der Waals surface area contributed by atoms with Crippen molar-refractivity contribution < 1.29 is 0 Å². The van der Waals surface area contributed by atoms with E-state index in [2.05, 4.69) is 24.8 Å². The summed E-state index contributed by atoms with van der Waals surface area (Å²) in [5.41, 5.74) is 7.18. The van der Waals surface area contributed by atoms with Crippen LogP contribution in [-0.2, 0) is 6.54 Å². The van der Waals surface area contributed by atoms with Gasteiger partial charge in [-0.15, -0.1) is 12.3 Å². The Morgan fingerprint density at radius 3 is 2.93 bits per heavy atom. The van der Waals surface area contributed by atoms with Crippen LogP contribution in [0.15, 0.2) is 12.5 Å². The van der Waals surface area contributed by atoms with Gasteiger partial charge in [0.2, 0.25) is 0 Å². The first-order chi connectivity index (χ1) is 7.15. The van der Waals surface area contributed by atoms with E-state index < -0.39 is 0 Å². The molecule has 0 aliphatic rings. The maximum atomic E-state index is 6.10. The zero-order valence-corrected chi connectivity index (χ0v) is 9.48. The summed E-state index contributed by atoms with van der Waals surface area (Å²) < 4.78 is 2.05. The summed E-state index contributed by atoms with van der Waals surface area (Å²) in [6, 6.07) is 0.0604. The Bertz CT molecular complexity index is 333. The van der Waals surface area contributed by atoms with Crippen LogP contribution >= 0.6 is 0 Å². The summed E-state index contributed by atoms with van der Waals surface area (Å²) in [7, 11) is 0. The van der Waals surface area contributed by atoms with Crippen molar-refractivity contribution in [3.63, 3.8) is 0 Å². The fourth-order valence-electron chi connectivity index (χ4n) is 1.64. The normalized spacial score (nSPS) is 12.7. The molecule has 0 saturated heterocycles. The molecule has 0 aliphatic heterocycles. The molecule has 15 heavy (non-hydrogen) atoms. The molecule has 1 atom stereocenters. The van der Waals surface area contributed by atoms with Gasteiger partial charge in [-0.3, -0.25) is 0 Å². The molecular weight excluding hydrogens is 186 g/mol. The molecule has 82 valence electrons. The third-order valence-electron chi connectivity index (χ3n) is 2.35. The molecule has 2 N–H and O–H groups in total. The zero-order chi connectivity index (χ0) is 11.3. The summed E-state index contributed by atoms with van der Waals surface area (Å²) in [5, 5.41) is 0. The molecule has 1 rings (SSSR count). The van der Waals surface area contributed by atoms with Crippen LogP contribution in [0.1, 0.15) is 38.4 Å². The Morgan fingerprint density at radius 1 is 1.60 bits per heavy atom. The highest BCUT2D eigenvalue weighted by Crippen LogP contribution is 2.18. The highest BCUT2D eigenvalue weighted by atomic mass is 15.1. The SMILES string of the molecule is C#CCCn1cncc1C(N)CC(C)C. The third kappa shape index (κ3) is 3.41. The minimum Gasteiger partial charge on any atom is -0.332 e. The molecule has 0 aromatic carbocycles. The van der Waals surface area contributed by atoms with Crippen LogP contribution in [0, 0.1) is 18.3 Å². The van der Waals surface area contributed by atoms with Crippen molar-refractivity contribution in [1.29, 1.82) is 0 Å². The molecular formula is C12H19N3. The van der Waals surface area contributed by atoms with E-state index in [1.165, 1.54) is 0 Å². The van der Waals surface area contributed by atoms with Crippen LogP contribution < -0.4 is 5.73 Å². The van der Waals surface area contributed by atoms with Gasteiger partial charge in [0.25, 0.3) is 0 Å². The minimum atomic E-state index is 0.0604. The topological polar surface area (TPSA) is 43.8 Å². The van der Waals surface area contributed by atoms with E-state index >= 15 is 0 Å². The number of rotatable bonds is 5. The lowest BCUT2D eigenvalue weighted by molar-refractivity contribution is 0.484. The Morgan fingerprint density at radius 2 is 2.33 bits per heavy atom.